The van der Waals surface area contributed by atoms with Crippen molar-refractivity contribution in [3.05, 3.63) is 24.3 Å². The number of carboxylic acid groups (broad SMARTS) is 1. The molecule has 0 heterocycles. The summed E-state index contributed by atoms with van der Waals surface area (Å²) in [4.78, 5) is 11.4. The summed E-state index contributed by atoms with van der Waals surface area (Å²) in [6, 6.07) is 6.30. The molecule has 0 amide bonds. The quantitative estimate of drug-likeness (QED) is 0.750. The van der Waals surface area contributed by atoms with Gasteiger partial charge < -0.3 is 10.4 Å². The highest BCUT2D eigenvalue weighted by Crippen LogP contribution is 2.37. The Morgan fingerprint density at radius 2 is 1.95 bits per heavy atom. The summed E-state index contributed by atoms with van der Waals surface area (Å²) < 4.78 is 26.0. The van der Waals surface area contributed by atoms with Crippen molar-refractivity contribution in [1.29, 1.82) is 0 Å². The van der Waals surface area contributed by atoms with Crippen LogP contribution in [0.15, 0.2) is 29.2 Å². The Bertz CT molecular complexity index is 594. The predicted molar refractivity (Wildman–Crippen MR) is 70.5 cm³/mol. The summed E-state index contributed by atoms with van der Waals surface area (Å²) in [5.41, 5.74) is -0.724. The van der Waals surface area contributed by atoms with Crippen LogP contribution in [0.1, 0.15) is 19.3 Å². The van der Waals surface area contributed by atoms with Gasteiger partial charge in [0.25, 0.3) is 0 Å². The normalized spacial score (nSPS) is 17.5. The zero-order valence-electron chi connectivity index (χ0n) is 10.5. The Balaban J connectivity index is 2.39. The van der Waals surface area contributed by atoms with E-state index >= 15 is 0 Å². The molecule has 0 aliphatic heterocycles. The van der Waals surface area contributed by atoms with Crippen LogP contribution in [0.3, 0.4) is 0 Å². The predicted octanol–water partition coefficient (Wildman–Crippen LogP) is 1.01. The monoisotopic (exact) mass is 284 g/mol. The van der Waals surface area contributed by atoms with Crippen molar-refractivity contribution in [2.45, 2.75) is 29.7 Å². The van der Waals surface area contributed by atoms with Crippen LogP contribution in [0.5, 0.6) is 0 Å². The molecular formula is C12H16N2O4S. The van der Waals surface area contributed by atoms with Gasteiger partial charge in [-0.3, -0.25) is 0 Å². The van der Waals surface area contributed by atoms with E-state index in [4.69, 9.17) is 0 Å². The fourth-order valence-electron chi connectivity index (χ4n) is 2.09. The zero-order chi connectivity index (χ0) is 14.1. The van der Waals surface area contributed by atoms with E-state index in [9.17, 15) is 18.3 Å². The number of aliphatic carboxylic acids is 1. The molecule has 0 bridgehead atoms. The number of sulfonamides is 1. The number of benzene rings is 1. The Labute approximate surface area is 111 Å². The molecular weight excluding hydrogens is 268 g/mol. The molecule has 7 heteroatoms. The largest absolute Gasteiger partial charge is 0.480 e. The standard InChI is InChI=1S/C12H16N2O4S/c1-13-19(17,18)10-6-3-2-5-9(10)14-12(11(15)16)7-4-8-12/h2-3,5-6,13-14H,4,7-8H2,1H3,(H,15,16). The Morgan fingerprint density at radius 1 is 1.32 bits per heavy atom. The second-order valence-corrected chi connectivity index (χ2v) is 6.42. The Hall–Kier alpha value is -1.60. The fourth-order valence-corrected chi connectivity index (χ4v) is 2.98. The first kappa shape index (κ1) is 13.8. The van der Waals surface area contributed by atoms with Gasteiger partial charge in [-0.05, 0) is 38.4 Å². The summed E-state index contributed by atoms with van der Waals surface area (Å²) in [5.74, 6) is -0.949. The number of anilines is 1. The third-order valence-corrected chi connectivity index (χ3v) is 4.91. The topological polar surface area (TPSA) is 95.5 Å². The molecule has 2 rings (SSSR count). The number of hydrogen-bond donors (Lipinski definition) is 3. The van der Waals surface area contributed by atoms with Crippen molar-refractivity contribution in [2.75, 3.05) is 12.4 Å². The molecule has 1 aromatic rings. The second kappa shape index (κ2) is 4.82. The van der Waals surface area contributed by atoms with Crippen LogP contribution >= 0.6 is 0 Å². The molecule has 0 aromatic heterocycles. The van der Waals surface area contributed by atoms with Crippen molar-refractivity contribution < 1.29 is 18.3 Å². The molecule has 0 spiro atoms. The van der Waals surface area contributed by atoms with Crippen molar-refractivity contribution in [3.8, 4) is 0 Å². The lowest BCUT2D eigenvalue weighted by Gasteiger charge is -2.39. The van der Waals surface area contributed by atoms with Gasteiger partial charge in [-0.2, -0.15) is 0 Å². The first-order chi connectivity index (χ1) is 8.91. The molecule has 1 fully saturated rings. The van der Waals surface area contributed by atoms with Gasteiger partial charge in [0.1, 0.15) is 10.4 Å². The smallest absolute Gasteiger partial charge is 0.329 e. The maximum Gasteiger partial charge on any atom is 0.329 e. The third kappa shape index (κ3) is 2.43. The SMILES string of the molecule is CNS(=O)(=O)c1ccccc1NC1(C(=O)O)CCC1. The average Bonchev–Trinajstić information content (AvgIpc) is 2.33. The highest BCUT2D eigenvalue weighted by atomic mass is 32.2. The summed E-state index contributed by atoms with van der Waals surface area (Å²) >= 11 is 0. The van der Waals surface area contributed by atoms with Gasteiger partial charge in [-0.1, -0.05) is 12.1 Å². The second-order valence-electron chi connectivity index (χ2n) is 4.57. The highest BCUT2D eigenvalue weighted by molar-refractivity contribution is 7.89. The van der Waals surface area contributed by atoms with Gasteiger partial charge in [0.05, 0.1) is 5.69 Å². The Kier molecular flexibility index (Phi) is 3.51. The lowest BCUT2D eigenvalue weighted by atomic mass is 9.76. The summed E-state index contributed by atoms with van der Waals surface area (Å²) in [5, 5.41) is 12.2. The molecule has 0 atom stereocenters. The van der Waals surface area contributed by atoms with E-state index in [-0.39, 0.29) is 4.90 Å². The maximum atomic E-state index is 11.9. The molecule has 6 nitrogen and oxygen atoms in total. The van der Waals surface area contributed by atoms with Crippen molar-refractivity contribution >= 4 is 21.7 Å². The first-order valence-electron chi connectivity index (χ1n) is 5.95. The van der Waals surface area contributed by atoms with Gasteiger partial charge in [0.15, 0.2) is 0 Å². The molecule has 1 saturated carbocycles. The molecule has 104 valence electrons. The van der Waals surface area contributed by atoms with Crippen LogP contribution in [-0.4, -0.2) is 32.1 Å². The van der Waals surface area contributed by atoms with Gasteiger partial charge in [-0.25, -0.2) is 17.9 Å². The van der Waals surface area contributed by atoms with Crippen LogP contribution in [-0.2, 0) is 14.8 Å². The van der Waals surface area contributed by atoms with Gasteiger partial charge >= 0.3 is 5.97 Å². The van der Waals surface area contributed by atoms with Gasteiger partial charge in [-0.15, -0.1) is 0 Å². The zero-order valence-corrected chi connectivity index (χ0v) is 11.3. The third-order valence-electron chi connectivity index (χ3n) is 3.44. The summed E-state index contributed by atoms with van der Waals surface area (Å²) in [6.07, 6.45) is 1.81. The summed E-state index contributed by atoms with van der Waals surface area (Å²) in [7, 11) is -2.29. The van der Waals surface area contributed by atoms with E-state index in [1.807, 2.05) is 0 Å². The molecule has 0 radical (unpaired) electrons. The van der Waals surface area contributed by atoms with Crippen LogP contribution < -0.4 is 10.0 Å². The van der Waals surface area contributed by atoms with Crippen molar-refractivity contribution in [1.82, 2.24) is 4.72 Å². The van der Waals surface area contributed by atoms with E-state index in [0.29, 0.717) is 18.5 Å². The number of para-hydroxylation sites is 1. The average molecular weight is 284 g/mol. The van der Waals surface area contributed by atoms with E-state index in [0.717, 1.165) is 6.42 Å². The van der Waals surface area contributed by atoms with E-state index in [1.165, 1.54) is 13.1 Å². The van der Waals surface area contributed by atoms with Crippen LogP contribution in [0.2, 0.25) is 0 Å². The number of rotatable bonds is 5. The number of carbonyl (C=O) groups is 1. The molecule has 1 aromatic carbocycles. The highest BCUT2D eigenvalue weighted by Gasteiger charge is 2.45. The summed E-state index contributed by atoms with van der Waals surface area (Å²) in [6.45, 7) is 0. The van der Waals surface area contributed by atoms with E-state index in [2.05, 4.69) is 10.0 Å². The minimum atomic E-state index is -3.62. The van der Waals surface area contributed by atoms with E-state index < -0.39 is 21.5 Å². The molecule has 0 unspecified atom stereocenters. The molecule has 19 heavy (non-hydrogen) atoms. The Morgan fingerprint density at radius 3 is 2.42 bits per heavy atom. The van der Waals surface area contributed by atoms with E-state index in [1.54, 1.807) is 18.2 Å². The lowest BCUT2D eigenvalue weighted by Crippen LogP contribution is -2.52. The lowest BCUT2D eigenvalue weighted by molar-refractivity contribution is -0.145. The minimum absolute atomic E-state index is 0.0602. The van der Waals surface area contributed by atoms with Crippen molar-refractivity contribution in [2.24, 2.45) is 0 Å². The number of nitrogens with one attached hydrogen (secondary N) is 2. The molecule has 0 saturated heterocycles. The first-order valence-corrected chi connectivity index (χ1v) is 7.44. The minimum Gasteiger partial charge on any atom is -0.480 e. The fraction of sp³-hybridized carbons (Fsp3) is 0.417. The molecule has 3 N–H and O–H groups in total. The maximum absolute atomic E-state index is 11.9. The van der Waals surface area contributed by atoms with Crippen LogP contribution in [0, 0.1) is 0 Å². The van der Waals surface area contributed by atoms with Gasteiger partial charge in [0, 0.05) is 0 Å². The van der Waals surface area contributed by atoms with Crippen LogP contribution in [0.4, 0.5) is 5.69 Å². The van der Waals surface area contributed by atoms with Crippen LogP contribution in [0.25, 0.3) is 0 Å². The van der Waals surface area contributed by atoms with Gasteiger partial charge in [0.2, 0.25) is 10.0 Å². The number of carboxylic acids is 1. The van der Waals surface area contributed by atoms with Crippen molar-refractivity contribution in [3.63, 3.8) is 0 Å². The molecule has 1 aliphatic rings. The molecule has 1 aliphatic carbocycles. The number of hydrogen-bond acceptors (Lipinski definition) is 4.